The number of likely N-dealkylation sites (tertiary alicyclic amines) is 1. The van der Waals surface area contributed by atoms with Gasteiger partial charge in [-0.2, -0.15) is 0 Å². The number of likely N-dealkylation sites (N-methyl/N-ethyl adjacent to an activating group) is 1. The number of anilines is 1. The van der Waals surface area contributed by atoms with Crippen molar-refractivity contribution in [2.24, 2.45) is 5.73 Å². The summed E-state index contributed by atoms with van der Waals surface area (Å²) in [5, 5.41) is 17.0. The van der Waals surface area contributed by atoms with Gasteiger partial charge in [-0.25, -0.2) is 4.98 Å². The number of carbonyl (C=O) groups is 3. The summed E-state index contributed by atoms with van der Waals surface area (Å²) in [7, 11) is 1.74. The van der Waals surface area contributed by atoms with E-state index in [2.05, 4.69) is 20.9 Å². The lowest BCUT2D eigenvalue weighted by molar-refractivity contribution is -0.140. The van der Waals surface area contributed by atoms with Crippen LogP contribution in [0, 0.1) is 5.41 Å². The van der Waals surface area contributed by atoms with Crippen LogP contribution in [0.3, 0.4) is 0 Å². The molecule has 2 amide bonds. The maximum Gasteiger partial charge on any atom is 0.266 e. The molecule has 13 heteroatoms. The number of hydrogen-bond acceptors (Lipinski definition) is 8. The van der Waals surface area contributed by atoms with Gasteiger partial charge in [0, 0.05) is 30.1 Å². The van der Waals surface area contributed by atoms with Crippen molar-refractivity contribution in [2.75, 3.05) is 18.9 Å². The number of halogens is 1. The van der Waals surface area contributed by atoms with E-state index in [0.29, 0.717) is 34.7 Å². The van der Waals surface area contributed by atoms with Gasteiger partial charge >= 0.3 is 0 Å². The number of nitrogens with one attached hydrogen (secondary N) is 4. The van der Waals surface area contributed by atoms with Crippen molar-refractivity contribution in [3.05, 3.63) is 131 Å². The molecule has 4 atom stereocenters. The van der Waals surface area contributed by atoms with E-state index in [4.69, 9.17) is 31.9 Å². The van der Waals surface area contributed by atoms with Crippen LogP contribution in [0.4, 0.5) is 5.69 Å². The molecule has 5 aromatic rings. The monoisotopic (exact) mass is 735 g/mol. The molecule has 0 bridgehead atoms. The molecule has 4 aromatic carbocycles. The molecule has 0 aliphatic carbocycles. The predicted molar refractivity (Wildman–Crippen MR) is 204 cm³/mol. The highest BCUT2D eigenvalue weighted by molar-refractivity contribution is 6.30. The number of para-hydroxylation sites is 2. The van der Waals surface area contributed by atoms with Crippen LogP contribution in [0.5, 0.6) is 0 Å². The van der Waals surface area contributed by atoms with Gasteiger partial charge in [-0.05, 0) is 73.0 Å². The topological polar surface area (TPSA) is 176 Å². The van der Waals surface area contributed by atoms with Crippen LogP contribution < -0.4 is 21.7 Å². The molecule has 6 rings (SSSR count). The third kappa shape index (κ3) is 9.66. The number of Topliss-reactive ketones (excluding diaryl/α,β-unsaturated/α-hetero) is 1. The van der Waals surface area contributed by atoms with Gasteiger partial charge in [0.1, 0.15) is 17.6 Å². The van der Waals surface area contributed by atoms with E-state index in [9.17, 15) is 14.4 Å². The molecule has 274 valence electrons. The lowest BCUT2D eigenvalue weighted by atomic mass is 10.0. The van der Waals surface area contributed by atoms with E-state index in [1.807, 2.05) is 42.5 Å². The minimum Gasteiger partial charge on any atom is -0.434 e. The lowest BCUT2D eigenvalue weighted by Gasteiger charge is -2.29. The molecule has 1 fully saturated rings. The number of nitrogens with zero attached hydrogens (tertiary/aromatic N) is 2. The largest absolute Gasteiger partial charge is 0.434 e. The zero-order valence-corrected chi connectivity index (χ0v) is 30.0. The van der Waals surface area contributed by atoms with E-state index >= 15 is 0 Å². The van der Waals surface area contributed by atoms with Gasteiger partial charge in [-0.1, -0.05) is 78.3 Å². The highest BCUT2D eigenvalue weighted by Gasteiger charge is 2.43. The zero-order chi connectivity index (χ0) is 37.3. The third-order valence-electron chi connectivity index (χ3n) is 9.27. The van der Waals surface area contributed by atoms with Crippen molar-refractivity contribution in [3.8, 4) is 0 Å². The predicted octanol–water partition coefficient (Wildman–Crippen LogP) is 5.10. The first-order valence-electron chi connectivity index (χ1n) is 17.4. The SMILES string of the molecule is CN[C@H](CCc1ccccc1)C(=O)N1C[C@H](OCc2ccc(Cl)cc2)C[C@H]1C(=O)N[C@@H](Cc1ccc(NC(=N)N)cc1)C(=O)c1nc2ccccc2o1. The van der Waals surface area contributed by atoms with Crippen molar-refractivity contribution in [1.29, 1.82) is 5.41 Å². The molecule has 6 N–H and O–H groups in total. The fourth-order valence-electron chi connectivity index (χ4n) is 6.47. The summed E-state index contributed by atoms with van der Waals surface area (Å²) in [6.45, 7) is 0.470. The molecule has 0 radical (unpaired) electrons. The highest BCUT2D eigenvalue weighted by Crippen LogP contribution is 2.25. The minimum atomic E-state index is -1.08. The van der Waals surface area contributed by atoms with Crippen LogP contribution in [-0.2, 0) is 33.8 Å². The number of carbonyl (C=O) groups excluding carboxylic acids is 3. The first-order chi connectivity index (χ1) is 25.7. The van der Waals surface area contributed by atoms with Gasteiger partial charge in [0.05, 0.1) is 18.8 Å². The minimum absolute atomic E-state index is 0.108. The highest BCUT2D eigenvalue weighted by atomic mass is 35.5. The van der Waals surface area contributed by atoms with E-state index in [1.54, 1.807) is 72.6 Å². The second-order valence-corrected chi connectivity index (χ2v) is 13.5. The lowest BCUT2D eigenvalue weighted by Crippen LogP contribution is -2.54. The Morgan fingerprint density at radius 1 is 0.943 bits per heavy atom. The molecule has 12 nitrogen and oxygen atoms in total. The Bertz CT molecular complexity index is 2010. The van der Waals surface area contributed by atoms with Crippen molar-refractivity contribution in [2.45, 2.75) is 56.5 Å². The summed E-state index contributed by atoms with van der Waals surface area (Å²) < 4.78 is 12.1. The summed E-state index contributed by atoms with van der Waals surface area (Å²) in [5.41, 5.74) is 9.78. The number of fused-ring (bicyclic) bond motifs is 1. The average Bonchev–Trinajstić information content (AvgIpc) is 3.80. The number of amides is 2. The number of nitrogens with two attached hydrogens (primary N) is 1. The van der Waals surface area contributed by atoms with Crippen molar-refractivity contribution < 1.29 is 23.5 Å². The van der Waals surface area contributed by atoms with Crippen LogP contribution >= 0.6 is 11.6 Å². The van der Waals surface area contributed by atoms with E-state index in [0.717, 1.165) is 16.7 Å². The quantitative estimate of drug-likeness (QED) is 0.0556. The van der Waals surface area contributed by atoms with Gasteiger partial charge < -0.3 is 35.7 Å². The molecule has 2 heterocycles. The molecule has 1 aromatic heterocycles. The fraction of sp³-hybridized carbons (Fsp3) is 0.275. The van der Waals surface area contributed by atoms with E-state index < -0.39 is 35.9 Å². The van der Waals surface area contributed by atoms with Crippen LogP contribution in [-0.4, -0.2) is 71.3 Å². The second-order valence-electron chi connectivity index (χ2n) is 13.0. The molecule has 1 aliphatic heterocycles. The van der Waals surface area contributed by atoms with Gasteiger partial charge in [-0.3, -0.25) is 19.8 Å². The van der Waals surface area contributed by atoms with E-state index in [1.165, 1.54) is 0 Å². The zero-order valence-electron chi connectivity index (χ0n) is 29.3. The Labute approximate surface area is 312 Å². The molecular weight excluding hydrogens is 694 g/mol. The van der Waals surface area contributed by atoms with Crippen LogP contribution in [0.15, 0.2) is 108 Å². The second kappa shape index (κ2) is 17.3. The Balaban J connectivity index is 1.24. The summed E-state index contributed by atoms with van der Waals surface area (Å²) in [5.74, 6) is -1.57. The van der Waals surface area contributed by atoms with Crippen molar-refractivity contribution >= 4 is 51.9 Å². The van der Waals surface area contributed by atoms with Gasteiger partial charge in [0.25, 0.3) is 5.89 Å². The van der Waals surface area contributed by atoms with Crippen LogP contribution in [0.25, 0.3) is 11.1 Å². The first kappa shape index (κ1) is 37.2. The molecule has 0 unspecified atom stereocenters. The first-order valence-corrected chi connectivity index (χ1v) is 17.8. The normalized spacial score (nSPS) is 16.6. The Morgan fingerprint density at radius 3 is 2.34 bits per heavy atom. The Kier molecular flexibility index (Phi) is 12.1. The molecule has 1 saturated heterocycles. The summed E-state index contributed by atoms with van der Waals surface area (Å²) in [4.78, 5) is 48.6. The number of aryl methyl sites for hydroxylation is 1. The Hall–Kier alpha value is -5.56. The number of ether oxygens (including phenoxy) is 1. The van der Waals surface area contributed by atoms with Crippen LogP contribution in [0.2, 0.25) is 5.02 Å². The van der Waals surface area contributed by atoms with E-state index in [-0.39, 0.29) is 43.8 Å². The summed E-state index contributed by atoms with van der Waals surface area (Å²) >= 11 is 6.07. The van der Waals surface area contributed by atoms with Crippen molar-refractivity contribution in [1.82, 2.24) is 20.5 Å². The molecule has 53 heavy (non-hydrogen) atoms. The maximum atomic E-state index is 14.3. The van der Waals surface area contributed by atoms with Gasteiger partial charge in [0.15, 0.2) is 11.5 Å². The molecular formula is C40H42ClN7O5. The van der Waals surface area contributed by atoms with Gasteiger partial charge in [0.2, 0.25) is 17.6 Å². The molecule has 0 spiro atoms. The van der Waals surface area contributed by atoms with Crippen LogP contribution in [0.1, 0.15) is 40.2 Å². The summed E-state index contributed by atoms with van der Waals surface area (Å²) in [6.07, 6.45) is 1.09. The number of ketones is 1. The summed E-state index contributed by atoms with van der Waals surface area (Å²) in [6, 6.07) is 28.7. The third-order valence-corrected chi connectivity index (χ3v) is 9.52. The number of guanidine groups is 1. The Morgan fingerprint density at radius 2 is 1.64 bits per heavy atom. The smallest absolute Gasteiger partial charge is 0.266 e. The number of hydrogen-bond donors (Lipinski definition) is 5. The van der Waals surface area contributed by atoms with Crippen molar-refractivity contribution in [3.63, 3.8) is 0 Å². The molecule has 1 aliphatic rings. The molecule has 0 saturated carbocycles. The number of aromatic nitrogens is 1. The standard InChI is InChI=1S/C40H42ClN7O5/c1-44-32(20-15-25-7-3-2-4-8-25)39(51)48-23-30(52-24-27-11-16-28(41)17-12-27)22-34(48)37(50)46-33(21-26-13-18-29(19-14-26)45-40(42)43)36(49)38-47-31-9-5-6-10-35(31)53-38/h2-14,16-19,30,32-34,44H,15,20-24H2,1H3,(H,46,50)(H4,42,43,45)/t30-,32-,33+,34+/m1/s1. The van der Waals surface area contributed by atoms with Gasteiger partial charge in [-0.15, -0.1) is 0 Å². The maximum absolute atomic E-state index is 14.3. The number of rotatable bonds is 15. The number of benzene rings is 4. The fourth-order valence-corrected chi connectivity index (χ4v) is 6.60. The average molecular weight is 736 g/mol. The number of oxazole rings is 1.